The van der Waals surface area contributed by atoms with Crippen molar-refractivity contribution in [3.8, 4) is 0 Å². The topological polar surface area (TPSA) is 17.1 Å². The maximum absolute atomic E-state index is 11.2. The van der Waals surface area contributed by atoms with Gasteiger partial charge in [-0.05, 0) is 36.0 Å². The fraction of sp³-hybridized carbons (Fsp3) is 0.769. The number of carbonyl (C=O) groups excluding carboxylic acids is 1. The maximum atomic E-state index is 11.2. The third-order valence-corrected chi connectivity index (χ3v) is 4.54. The SMILES string of the molecule is CC(C)[C@@]12C=C[C@](C)(CC1)C[C@H]2C=O. The van der Waals surface area contributed by atoms with Crippen LogP contribution in [0.15, 0.2) is 12.2 Å². The molecule has 0 aromatic carbocycles. The number of allylic oxidation sites excluding steroid dienone is 2. The van der Waals surface area contributed by atoms with Crippen LogP contribution in [0.1, 0.15) is 40.0 Å². The molecule has 3 atom stereocenters. The number of rotatable bonds is 2. The minimum Gasteiger partial charge on any atom is -0.303 e. The van der Waals surface area contributed by atoms with E-state index < -0.39 is 0 Å². The normalized spacial score (nSPS) is 45.9. The summed E-state index contributed by atoms with van der Waals surface area (Å²) in [6.07, 6.45) is 9.40. The van der Waals surface area contributed by atoms with Crippen LogP contribution >= 0.6 is 0 Å². The van der Waals surface area contributed by atoms with Gasteiger partial charge < -0.3 is 4.79 Å². The Morgan fingerprint density at radius 1 is 1.36 bits per heavy atom. The molecule has 1 heteroatoms. The molecular formula is C13H20O. The van der Waals surface area contributed by atoms with Gasteiger partial charge in [0.1, 0.15) is 6.29 Å². The Labute approximate surface area is 86.6 Å². The molecule has 0 amide bonds. The predicted octanol–water partition coefficient (Wildman–Crippen LogP) is 3.20. The molecular weight excluding hydrogens is 172 g/mol. The zero-order chi connectivity index (χ0) is 10.4. The third-order valence-electron chi connectivity index (χ3n) is 4.54. The van der Waals surface area contributed by atoms with E-state index in [4.69, 9.17) is 0 Å². The number of hydrogen-bond acceptors (Lipinski definition) is 1. The second-order valence-electron chi connectivity index (χ2n) is 5.70. The van der Waals surface area contributed by atoms with Gasteiger partial charge >= 0.3 is 0 Å². The summed E-state index contributed by atoms with van der Waals surface area (Å²) < 4.78 is 0. The van der Waals surface area contributed by atoms with E-state index in [1.165, 1.54) is 19.1 Å². The Bertz CT molecular complexity index is 279. The van der Waals surface area contributed by atoms with Crippen LogP contribution in [0.3, 0.4) is 0 Å². The molecule has 3 aliphatic carbocycles. The molecule has 0 unspecified atom stereocenters. The first-order chi connectivity index (χ1) is 6.52. The van der Waals surface area contributed by atoms with Crippen LogP contribution < -0.4 is 0 Å². The van der Waals surface area contributed by atoms with Crippen LogP contribution in [0.2, 0.25) is 0 Å². The molecule has 0 aromatic rings. The van der Waals surface area contributed by atoms with Crippen molar-refractivity contribution in [2.75, 3.05) is 0 Å². The van der Waals surface area contributed by atoms with E-state index in [0.717, 1.165) is 6.42 Å². The van der Waals surface area contributed by atoms with Gasteiger partial charge in [0.25, 0.3) is 0 Å². The van der Waals surface area contributed by atoms with E-state index in [0.29, 0.717) is 11.3 Å². The van der Waals surface area contributed by atoms with Crippen molar-refractivity contribution in [2.45, 2.75) is 40.0 Å². The van der Waals surface area contributed by atoms with Gasteiger partial charge in [-0.1, -0.05) is 32.9 Å². The lowest BCUT2D eigenvalue weighted by atomic mass is 9.51. The molecule has 0 N–H and O–H groups in total. The molecule has 0 spiro atoms. The highest BCUT2D eigenvalue weighted by atomic mass is 16.1. The van der Waals surface area contributed by atoms with Crippen LogP contribution in [-0.2, 0) is 4.79 Å². The zero-order valence-electron chi connectivity index (χ0n) is 9.42. The van der Waals surface area contributed by atoms with Crippen molar-refractivity contribution < 1.29 is 4.79 Å². The predicted molar refractivity (Wildman–Crippen MR) is 57.9 cm³/mol. The summed E-state index contributed by atoms with van der Waals surface area (Å²) in [6.45, 7) is 6.77. The molecule has 1 saturated carbocycles. The average molecular weight is 192 g/mol. The van der Waals surface area contributed by atoms with Crippen molar-refractivity contribution in [2.24, 2.45) is 22.7 Å². The van der Waals surface area contributed by atoms with Crippen molar-refractivity contribution in [1.82, 2.24) is 0 Å². The smallest absolute Gasteiger partial charge is 0.123 e. The second-order valence-corrected chi connectivity index (χ2v) is 5.70. The number of fused-ring (bicyclic) bond motifs is 2. The lowest BCUT2D eigenvalue weighted by molar-refractivity contribution is -0.119. The van der Waals surface area contributed by atoms with Gasteiger partial charge in [-0.25, -0.2) is 0 Å². The minimum atomic E-state index is 0.180. The summed E-state index contributed by atoms with van der Waals surface area (Å²) in [6, 6.07) is 0. The quantitative estimate of drug-likeness (QED) is 0.485. The van der Waals surface area contributed by atoms with E-state index in [1.54, 1.807) is 0 Å². The zero-order valence-corrected chi connectivity index (χ0v) is 9.42. The summed E-state index contributed by atoms with van der Waals surface area (Å²) in [5, 5.41) is 0. The number of hydrogen-bond donors (Lipinski definition) is 0. The third kappa shape index (κ3) is 1.18. The summed E-state index contributed by atoms with van der Waals surface area (Å²) >= 11 is 0. The number of aldehydes is 1. The van der Waals surface area contributed by atoms with E-state index in [1.807, 2.05) is 0 Å². The maximum Gasteiger partial charge on any atom is 0.123 e. The standard InChI is InChI=1S/C13H20O/c1-10(2)13-6-4-12(3,5-7-13)8-11(13)9-14/h4,6,9-11H,5,7-8H2,1-3H3/t11-,12+,13+/m0/s1. The molecule has 0 heterocycles. The average Bonchev–Trinajstić information content (AvgIpc) is 2.17. The first kappa shape index (κ1) is 9.95. The molecule has 0 aromatic heterocycles. The lowest BCUT2D eigenvalue weighted by Crippen LogP contribution is -2.46. The van der Waals surface area contributed by atoms with Gasteiger partial charge in [0.2, 0.25) is 0 Å². The van der Waals surface area contributed by atoms with E-state index in [2.05, 4.69) is 32.9 Å². The largest absolute Gasteiger partial charge is 0.303 e. The summed E-state index contributed by atoms with van der Waals surface area (Å²) in [7, 11) is 0. The van der Waals surface area contributed by atoms with E-state index >= 15 is 0 Å². The van der Waals surface area contributed by atoms with Crippen molar-refractivity contribution >= 4 is 6.29 Å². The van der Waals surface area contributed by atoms with Crippen LogP contribution in [0.25, 0.3) is 0 Å². The number of carbonyl (C=O) groups is 1. The summed E-state index contributed by atoms with van der Waals surface area (Å²) in [5.74, 6) is 0.838. The molecule has 78 valence electrons. The highest BCUT2D eigenvalue weighted by molar-refractivity contribution is 5.58. The van der Waals surface area contributed by atoms with Gasteiger partial charge in [0.05, 0.1) is 0 Å². The van der Waals surface area contributed by atoms with Crippen molar-refractivity contribution in [3.63, 3.8) is 0 Å². The molecule has 0 radical (unpaired) electrons. The van der Waals surface area contributed by atoms with Crippen LogP contribution in [0.4, 0.5) is 0 Å². The van der Waals surface area contributed by atoms with E-state index in [9.17, 15) is 4.79 Å². The molecule has 0 aliphatic heterocycles. The summed E-state index contributed by atoms with van der Waals surface area (Å²) in [4.78, 5) is 11.2. The fourth-order valence-electron chi connectivity index (χ4n) is 3.28. The first-order valence-electron chi connectivity index (χ1n) is 5.68. The lowest BCUT2D eigenvalue weighted by Gasteiger charge is -2.53. The molecule has 3 aliphatic rings. The molecule has 3 rings (SSSR count). The van der Waals surface area contributed by atoms with Crippen molar-refractivity contribution in [3.05, 3.63) is 12.2 Å². The molecule has 0 saturated heterocycles. The van der Waals surface area contributed by atoms with Gasteiger partial charge in [-0.15, -0.1) is 0 Å². The Kier molecular flexibility index (Phi) is 2.09. The van der Waals surface area contributed by atoms with Gasteiger partial charge in [0.15, 0.2) is 0 Å². The Balaban J connectivity index is 2.40. The highest BCUT2D eigenvalue weighted by Crippen LogP contribution is 2.57. The molecule has 1 fully saturated rings. The Morgan fingerprint density at radius 3 is 2.50 bits per heavy atom. The van der Waals surface area contributed by atoms with Gasteiger partial charge in [-0.2, -0.15) is 0 Å². The fourth-order valence-corrected chi connectivity index (χ4v) is 3.28. The second kappa shape index (κ2) is 2.95. The van der Waals surface area contributed by atoms with Crippen LogP contribution in [0, 0.1) is 22.7 Å². The monoisotopic (exact) mass is 192 g/mol. The Hall–Kier alpha value is -0.590. The highest BCUT2D eigenvalue weighted by Gasteiger charge is 2.50. The first-order valence-corrected chi connectivity index (χ1v) is 5.68. The van der Waals surface area contributed by atoms with E-state index in [-0.39, 0.29) is 11.3 Å². The Morgan fingerprint density at radius 2 is 2.07 bits per heavy atom. The molecule has 2 bridgehead atoms. The van der Waals surface area contributed by atoms with Gasteiger partial charge in [-0.3, -0.25) is 0 Å². The van der Waals surface area contributed by atoms with Gasteiger partial charge in [0, 0.05) is 5.92 Å². The van der Waals surface area contributed by atoms with Crippen LogP contribution in [0.5, 0.6) is 0 Å². The minimum absolute atomic E-state index is 0.180. The molecule has 1 nitrogen and oxygen atoms in total. The summed E-state index contributed by atoms with van der Waals surface area (Å²) in [5.41, 5.74) is 0.488. The molecule has 14 heavy (non-hydrogen) atoms. The van der Waals surface area contributed by atoms with Crippen LogP contribution in [-0.4, -0.2) is 6.29 Å². The van der Waals surface area contributed by atoms with Crippen molar-refractivity contribution in [1.29, 1.82) is 0 Å².